The average Bonchev–Trinajstić information content (AvgIpc) is 2.72. The van der Waals surface area contributed by atoms with Crippen LogP contribution in [0.2, 0.25) is 0 Å². The van der Waals surface area contributed by atoms with E-state index in [0.29, 0.717) is 18.3 Å². The molecular weight excluding hydrogens is 268 g/mol. The van der Waals surface area contributed by atoms with Gasteiger partial charge in [-0.15, -0.1) is 0 Å². The molecule has 0 bridgehead atoms. The van der Waals surface area contributed by atoms with Crippen molar-refractivity contribution in [3.8, 4) is 0 Å². The highest BCUT2D eigenvalue weighted by Gasteiger charge is 2.23. The van der Waals surface area contributed by atoms with Crippen LogP contribution in [0.4, 0.5) is 0 Å². The molecule has 1 aromatic rings. The lowest BCUT2D eigenvalue weighted by Crippen LogP contribution is -2.45. The van der Waals surface area contributed by atoms with Crippen LogP contribution in [0, 0.1) is 12.8 Å². The second-order valence-electron chi connectivity index (χ2n) is 4.81. The van der Waals surface area contributed by atoms with Crippen LogP contribution in [0.1, 0.15) is 26.6 Å². The molecule has 1 heterocycles. The smallest absolute Gasteiger partial charge is 0.258 e. The Morgan fingerprint density at radius 1 is 1.42 bits per heavy atom. The summed E-state index contributed by atoms with van der Waals surface area (Å²) in [6.07, 6.45) is 1.22. The minimum absolute atomic E-state index is 0.0477. The van der Waals surface area contributed by atoms with E-state index in [-0.39, 0.29) is 10.9 Å². The molecule has 1 atom stereocenters. The Hall–Kier alpha value is -1.41. The highest BCUT2D eigenvalue weighted by Crippen LogP contribution is 2.05. The average molecular weight is 288 g/mol. The summed E-state index contributed by atoms with van der Waals surface area (Å²) in [4.78, 5) is 18.1. The van der Waals surface area contributed by atoms with Crippen LogP contribution in [-0.2, 0) is 14.8 Å². The van der Waals surface area contributed by atoms with Gasteiger partial charge in [-0.2, -0.15) is 4.72 Å². The number of sulfonamides is 1. The number of carbonyl (C=O) groups excluding carboxylic acids is 1. The molecule has 1 rings (SSSR count). The molecule has 0 aliphatic carbocycles. The van der Waals surface area contributed by atoms with Crippen molar-refractivity contribution < 1.29 is 13.2 Å². The SMILES string of the molecule is Cc1ncc(S(=O)(=O)NC(C)C(=O)NCC(C)C)[nH]1. The third kappa shape index (κ3) is 4.64. The maximum absolute atomic E-state index is 11.9. The van der Waals surface area contributed by atoms with E-state index in [1.54, 1.807) is 6.92 Å². The van der Waals surface area contributed by atoms with Crippen LogP contribution in [0.25, 0.3) is 0 Å². The van der Waals surface area contributed by atoms with Gasteiger partial charge in [0.05, 0.1) is 12.2 Å². The summed E-state index contributed by atoms with van der Waals surface area (Å²) in [7, 11) is -3.75. The fourth-order valence-corrected chi connectivity index (χ4v) is 2.52. The van der Waals surface area contributed by atoms with E-state index >= 15 is 0 Å². The number of carbonyl (C=O) groups is 1. The van der Waals surface area contributed by atoms with E-state index in [4.69, 9.17) is 0 Å². The number of H-pyrrole nitrogens is 1. The van der Waals surface area contributed by atoms with E-state index in [1.807, 2.05) is 13.8 Å². The number of aromatic amines is 1. The molecule has 0 saturated carbocycles. The third-order valence-corrected chi connectivity index (χ3v) is 3.83. The minimum Gasteiger partial charge on any atom is -0.354 e. The van der Waals surface area contributed by atoms with Gasteiger partial charge < -0.3 is 10.3 Å². The summed E-state index contributed by atoms with van der Waals surface area (Å²) in [5, 5.41) is 2.62. The summed E-state index contributed by atoms with van der Waals surface area (Å²) in [5.41, 5.74) is 0. The molecule has 0 radical (unpaired) electrons. The quantitative estimate of drug-likeness (QED) is 0.693. The van der Waals surface area contributed by atoms with Crippen molar-refractivity contribution in [3.05, 3.63) is 12.0 Å². The number of nitrogens with zero attached hydrogens (tertiary/aromatic N) is 1. The van der Waals surface area contributed by atoms with Crippen molar-refractivity contribution in [1.82, 2.24) is 20.0 Å². The molecule has 0 aromatic carbocycles. The van der Waals surface area contributed by atoms with Crippen molar-refractivity contribution in [2.75, 3.05) is 6.54 Å². The molecule has 7 nitrogen and oxygen atoms in total. The molecule has 0 aliphatic heterocycles. The molecule has 0 aliphatic rings. The van der Waals surface area contributed by atoms with Crippen molar-refractivity contribution >= 4 is 15.9 Å². The Labute approximate surface area is 113 Å². The van der Waals surface area contributed by atoms with Gasteiger partial charge in [-0.05, 0) is 19.8 Å². The molecule has 8 heteroatoms. The lowest BCUT2D eigenvalue weighted by molar-refractivity contribution is -0.122. The Balaban J connectivity index is 2.65. The monoisotopic (exact) mass is 288 g/mol. The Kier molecular flexibility index (Phi) is 5.07. The van der Waals surface area contributed by atoms with E-state index < -0.39 is 16.1 Å². The molecular formula is C11H20N4O3S. The number of amides is 1. The number of rotatable bonds is 6. The number of aromatic nitrogens is 2. The van der Waals surface area contributed by atoms with E-state index in [2.05, 4.69) is 20.0 Å². The maximum Gasteiger partial charge on any atom is 0.258 e. The number of imidazole rings is 1. The third-order valence-electron chi connectivity index (χ3n) is 2.38. The van der Waals surface area contributed by atoms with Gasteiger partial charge in [0.2, 0.25) is 5.91 Å². The first-order chi connectivity index (χ1) is 8.72. The van der Waals surface area contributed by atoms with E-state index in [1.165, 1.54) is 13.1 Å². The largest absolute Gasteiger partial charge is 0.354 e. The molecule has 1 aromatic heterocycles. The van der Waals surface area contributed by atoms with Gasteiger partial charge in [0.15, 0.2) is 5.03 Å². The van der Waals surface area contributed by atoms with Gasteiger partial charge >= 0.3 is 0 Å². The highest BCUT2D eigenvalue weighted by molar-refractivity contribution is 7.89. The zero-order valence-corrected chi connectivity index (χ0v) is 12.3. The van der Waals surface area contributed by atoms with Crippen molar-refractivity contribution in [2.45, 2.75) is 38.8 Å². The molecule has 1 unspecified atom stereocenters. The number of aryl methyl sites for hydroxylation is 1. The van der Waals surface area contributed by atoms with Gasteiger partial charge in [-0.1, -0.05) is 13.8 Å². The van der Waals surface area contributed by atoms with Crippen LogP contribution >= 0.6 is 0 Å². The second kappa shape index (κ2) is 6.16. The van der Waals surface area contributed by atoms with Crippen LogP contribution < -0.4 is 10.0 Å². The second-order valence-corrected chi connectivity index (χ2v) is 6.50. The Morgan fingerprint density at radius 3 is 2.53 bits per heavy atom. The van der Waals surface area contributed by atoms with Gasteiger partial charge in [-0.3, -0.25) is 4.79 Å². The summed E-state index contributed by atoms with van der Waals surface area (Å²) < 4.78 is 26.2. The Bertz CT molecular complexity index is 536. The molecule has 19 heavy (non-hydrogen) atoms. The van der Waals surface area contributed by atoms with Crippen LogP contribution in [-0.4, -0.2) is 36.9 Å². The maximum atomic E-state index is 11.9. The van der Waals surface area contributed by atoms with Crippen molar-refractivity contribution in [3.63, 3.8) is 0 Å². The first kappa shape index (κ1) is 15.6. The summed E-state index contributed by atoms with van der Waals surface area (Å²) >= 11 is 0. The zero-order chi connectivity index (χ0) is 14.6. The predicted octanol–water partition coefficient (Wildman–Crippen LogP) is 0.157. The zero-order valence-electron chi connectivity index (χ0n) is 11.5. The molecule has 3 N–H and O–H groups in total. The lowest BCUT2D eigenvalue weighted by atomic mass is 10.2. The fraction of sp³-hybridized carbons (Fsp3) is 0.636. The lowest BCUT2D eigenvalue weighted by Gasteiger charge is -2.14. The van der Waals surface area contributed by atoms with Crippen LogP contribution in [0.3, 0.4) is 0 Å². The minimum atomic E-state index is -3.75. The summed E-state index contributed by atoms with van der Waals surface area (Å²) in [5.74, 6) is 0.453. The highest BCUT2D eigenvalue weighted by atomic mass is 32.2. The topological polar surface area (TPSA) is 104 Å². The van der Waals surface area contributed by atoms with Crippen molar-refractivity contribution in [1.29, 1.82) is 0 Å². The molecule has 1 amide bonds. The van der Waals surface area contributed by atoms with Gasteiger partial charge in [-0.25, -0.2) is 13.4 Å². The first-order valence-corrected chi connectivity index (χ1v) is 7.52. The normalized spacial score (nSPS) is 13.5. The summed E-state index contributed by atoms with van der Waals surface area (Å²) in [6.45, 7) is 7.58. The standard InChI is InChI=1S/C11H20N4O3S/c1-7(2)5-13-11(16)8(3)15-19(17,18)10-6-12-9(4)14-10/h6-8,15H,5H2,1-4H3,(H,12,14)(H,13,16). The molecule has 0 saturated heterocycles. The predicted molar refractivity (Wildman–Crippen MR) is 71.0 cm³/mol. The number of hydrogen-bond donors (Lipinski definition) is 3. The Morgan fingerprint density at radius 2 is 2.05 bits per heavy atom. The molecule has 0 spiro atoms. The van der Waals surface area contributed by atoms with Gasteiger partial charge in [0.25, 0.3) is 10.0 Å². The first-order valence-electron chi connectivity index (χ1n) is 6.04. The number of hydrogen-bond acceptors (Lipinski definition) is 4. The van der Waals surface area contributed by atoms with E-state index in [0.717, 1.165) is 0 Å². The van der Waals surface area contributed by atoms with E-state index in [9.17, 15) is 13.2 Å². The van der Waals surface area contributed by atoms with Crippen LogP contribution in [0.5, 0.6) is 0 Å². The van der Waals surface area contributed by atoms with Crippen molar-refractivity contribution in [2.24, 2.45) is 5.92 Å². The van der Waals surface area contributed by atoms with Crippen LogP contribution in [0.15, 0.2) is 11.2 Å². The summed E-state index contributed by atoms with van der Waals surface area (Å²) in [6, 6.07) is -0.840. The fourth-order valence-electron chi connectivity index (χ4n) is 1.34. The molecule has 0 fully saturated rings. The number of nitrogens with one attached hydrogen (secondary N) is 3. The molecule has 108 valence electrons. The van der Waals surface area contributed by atoms with Gasteiger partial charge in [0, 0.05) is 6.54 Å². The van der Waals surface area contributed by atoms with Gasteiger partial charge in [0.1, 0.15) is 5.82 Å².